The molecule has 1 saturated heterocycles. The molecule has 0 bridgehead atoms. The predicted octanol–water partition coefficient (Wildman–Crippen LogP) is 1.98. The van der Waals surface area contributed by atoms with Gasteiger partial charge in [0.05, 0.1) is 18.4 Å². The molecule has 1 aliphatic rings. The van der Waals surface area contributed by atoms with E-state index in [1.807, 2.05) is 30.3 Å². The molecule has 0 saturated carbocycles. The Morgan fingerprint density at radius 2 is 1.89 bits per heavy atom. The summed E-state index contributed by atoms with van der Waals surface area (Å²) in [5.41, 5.74) is 0.816. The summed E-state index contributed by atoms with van der Waals surface area (Å²) in [5, 5.41) is 9.52. The normalized spacial score (nSPS) is 19.8. The number of nitrogens with zero attached hydrogens (tertiary/aromatic N) is 1. The largest absolute Gasteiger partial charge is 0.213 e. The summed E-state index contributed by atoms with van der Waals surface area (Å²) in [4.78, 5) is 0. The van der Waals surface area contributed by atoms with Crippen LogP contribution >= 0.6 is 23.5 Å². The monoisotopic (exact) mass is 314 g/mol. The van der Waals surface area contributed by atoms with Gasteiger partial charge in [0.2, 0.25) is 10.0 Å². The fraction of sp³-hybridized carbons (Fsp3) is 0.417. The van der Waals surface area contributed by atoms with Gasteiger partial charge in [-0.25, -0.2) is 13.1 Å². The van der Waals surface area contributed by atoms with Crippen LogP contribution in [0.3, 0.4) is 0 Å². The number of hydrogen-bond donors (Lipinski definition) is 1. The van der Waals surface area contributed by atoms with Crippen LogP contribution in [0.4, 0.5) is 0 Å². The van der Waals surface area contributed by atoms with Gasteiger partial charge in [-0.2, -0.15) is 5.26 Å². The topological polar surface area (TPSA) is 70.0 Å². The summed E-state index contributed by atoms with van der Waals surface area (Å²) in [6.07, 6.45) is 1.12. The smallest absolute Gasteiger partial charge is 0.209 e. The first-order valence-corrected chi connectivity index (χ1v) is 9.54. The minimum Gasteiger partial charge on any atom is -0.213 e. The Hall–Kier alpha value is -0.680. The highest BCUT2D eigenvalue weighted by molar-refractivity contribution is 8.21. The van der Waals surface area contributed by atoms with E-state index in [4.69, 9.17) is 0 Å². The van der Waals surface area contributed by atoms with Crippen LogP contribution in [0.25, 0.3) is 0 Å². The summed E-state index contributed by atoms with van der Waals surface area (Å²) in [6.45, 7) is 0. The van der Waals surface area contributed by atoms with E-state index in [2.05, 4.69) is 10.8 Å². The Kier molecular flexibility index (Phi) is 4.46. The van der Waals surface area contributed by atoms with Crippen molar-refractivity contribution in [3.05, 3.63) is 35.9 Å². The first-order chi connectivity index (χ1) is 8.97. The van der Waals surface area contributed by atoms with Gasteiger partial charge < -0.3 is 0 Å². The Balaban J connectivity index is 2.43. The molecule has 7 heteroatoms. The molecule has 2 rings (SSSR count). The zero-order valence-corrected chi connectivity index (χ0v) is 12.8. The maximum atomic E-state index is 11.6. The SMILES string of the molecule is CS(=O)(=O)N[C@@H](c1ccccc1)C1(C#N)SCCS1. The van der Waals surface area contributed by atoms with Crippen molar-refractivity contribution in [2.24, 2.45) is 0 Å². The van der Waals surface area contributed by atoms with Gasteiger partial charge in [0.25, 0.3) is 0 Å². The van der Waals surface area contributed by atoms with Gasteiger partial charge >= 0.3 is 0 Å². The minimum atomic E-state index is -3.38. The van der Waals surface area contributed by atoms with E-state index in [0.29, 0.717) is 0 Å². The van der Waals surface area contributed by atoms with Crippen molar-refractivity contribution in [2.75, 3.05) is 17.8 Å². The lowest BCUT2D eigenvalue weighted by atomic mass is 10.0. The van der Waals surface area contributed by atoms with Gasteiger partial charge in [0, 0.05) is 11.5 Å². The molecule has 1 fully saturated rings. The number of nitriles is 1. The van der Waals surface area contributed by atoms with Crippen LogP contribution < -0.4 is 4.72 Å². The van der Waals surface area contributed by atoms with Crippen molar-refractivity contribution in [1.29, 1.82) is 5.26 Å². The van der Waals surface area contributed by atoms with Crippen molar-refractivity contribution in [3.8, 4) is 6.07 Å². The van der Waals surface area contributed by atoms with E-state index in [9.17, 15) is 13.7 Å². The standard InChI is InChI=1S/C12H14N2O2S3/c1-19(15,16)14-11(10-5-3-2-4-6-10)12(9-13)17-7-8-18-12/h2-6,11,14H,7-8H2,1H3/t11-/m0/s1. The molecule has 0 unspecified atom stereocenters. The minimum absolute atomic E-state index is 0.536. The third-order valence-corrected chi connectivity index (χ3v) is 6.67. The average molecular weight is 314 g/mol. The summed E-state index contributed by atoms with van der Waals surface area (Å²) in [6, 6.07) is 11.0. The molecule has 1 atom stereocenters. The molecule has 4 nitrogen and oxygen atoms in total. The summed E-state index contributed by atoms with van der Waals surface area (Å²) >= 11 is 3.02. The molecule has 1 aliphatic heterocycles. The second-order valence-corrected chi connectivity index (χ2v) is 8.93. The van der Waals surface area contributed by atoms with E-state index < -0.39 is 20.1 Å². The highest BCUT2D eigenvalue weighted by Crippen LogP contribution is 2.51. The molecule has 0 spiro atoms. The molecule has 1 heterocycles. The lowest BCUT2D eigenvalue weighted by Crippen LogP contribution is -2.39. The molecule has 0 aromatic heterocycles. The molecule has 1 aromatic rings. The first-order valence-electron chi connectivity index (χ1n) is 5.68. The van der Waals surface area contributed by atoms with Gasteiger partial charge in [-0.1, -0.05) is 30.3 Å². The van der Waals surface area contributed by atoms with Crippen LogP contribution in [-0.2, 0) is 10.0 Å². The van der Waals surface area contributed by atoms with Crippen LogP contribution in [0.5, 0.6) is 0 Å². The number of rotatable bonds is 4. The molecule has 102 valence electrons. The number of sulfonamides is 1. The molecule has 0 radical (unpaired) electrons. The zero-order chi connectivity index (χ0) is 13.9. The second-order valence-electron chi connectivity index (χ2n) is 4.21. The summed E-state index contributed by atoms with van der Waals surface area (Å²) in [5.74, 6) is 1.71. The second kappa shape index (κ2) is 5.75. The number of hydrogen-bond acceptors (Lipinski definition) is 5. The lowest BCUT2D eigenvalue weighted by Gasteiger charge is -2.30. The van der Waals surface area contributed by atoms with Gasteiger partial charge in [-0.05, 0) is 5.56 Å². The first kappa shape index (κ1) is 14.7. The number of benzene rings is 1. The van der Waals surface area contributed by atoms with Crippen LogP contribution in [-0.4, -0.2) is 30.3 Å². The Morgan fingerprint density at radius 1 is 1.32 bits per heavy atom. The van der Waals surface area contributed by atoms with Crippen molar-refractivity contribution in [1.82, 2.24) is 4.72 Å². The Bertz CT molecular complexity index is 575. The maximum Gasteiger partial charge on any atom is 0.209 e. The van der Waals surface area contributed by atoms with E-state index in [-0.39, 0.29) is 0 Å². The fourth-order valence-corrected chi connectivity index (χ4v) is 5.80. The van der Waals surface area contributed by atoms with Gasteiger partial charge in [0.1, 0.15) is 0 Å². The van der Waals surface area contributed by atoms with Gasteiger partial charge in [-0.15, -0.1) is 23.5 Å². The Morgan fingerprint density at radius 3 is 2.37 bits per heavy atom. The highest BCUT2D eigenvalue weighted by atomic mass is 32.2. The third-order valence-electron chi connectivity index (χ3n) is 2.72. The van der Waals surface area contributed by atoms with E-state index in [0.717, 1.165) is 23.3 Å². The molecule has 19 heavy (non-hydrogen) atoms. The number of thioether (sulfide) groups is 2. The van der Waals surface area contributed by atoms with Gasteiger partial charge in [0.15, 0.2) is 4.08 Å². The maximum absolute atomic E-state index is 11.6. The van der Waals surface area contributed by atoms with Crippen molar-refractivity contribution >= 4 is 33.5 Å². The van der Waals surface area contributed by atoms with E-state index in [1.54, 1.807) is 0 Å². The van der Waals surface area contributed by atoms with E-state index in [1.165, 1.54) is 23.5 Å². The van der Waals surface area contributed by atoms with Gasteiger partial charge in [-0.3, -0.25) is 0 Å². The third kappa shape index (κ3) is 3.45. The van der Waals surface area contributed by atoms with Crippen molar-refractivity contribution in [2.45, 2.75) is 10.1 Å². The molecule has 0 aliphatic carbocycles. The quantitative estimate of drug-likeness (QED) is 0.920. The van der Waals surface area contributed by atoms with Crippen LogP contribution in [0.1, 0.15) is 11.6 Å². The fourth-order valence-electron chi connectivity index (χ4n) is 1.95. The molecule has 1 aromatic carbocycles. The van der Waals surface area contributed by atoms with Crippen LogP contribution in [0.15, 0.2) is 30.3 Å². The van der Waals surface area contributed by atoms with Crippen LogP contribution in [0.2, 0.25) is 0 Å². The van der Waals surface area contributed by atoms with Crippen LogP contribution in [0, 0.1) is 11.3 Å². The lowest BCUT2D eigenvalue weighted by molar-refractivity contribution is 0.562. The van der Waals surface area contributed by atoms with Crippen molar-refractivity contribution in [3.63, 3.8) is 0 Å². The number of nitrogens with one attached hydrogen (secondary N) is 1. The zero-order valence-electron chi connectivity index (χ0n) is 10.4. The predicted molar refractivity (Wildman–Crippen MR) is 80.4 cm³/mol. The molecular weight excluding hydrogens is 300 g/mol. The van der Waals surface area contributed by atoms with Crippen molar-refractivity contribution < 1.29 is 8.42 Å². The molecule has 1 N–H and O–H groups in total. The van der Waals surface area contributed by atoms with E-state index >= 15 is 0 Å². The highest BCUT2D eigenvalue weighted by Gasteiger charge is 2.45. The summed E-state index contributed by atoms with van der Waals surface area (Å²) in [7, 11) is -3.38. The Labute approximate surface area is 122 Å². The molecule has 0 amide bonds. The average Bonchev–Trinajstić information content (AvgIpc) is 2.86. The molecular formula is C12H14N2O2S3. The summed E-state index contributed by atoms with van der Waals surface area (Å²) < 4.78 is 25.0.